The highest BCUT2D eigenvalue weighted by Gasteiger charge is 2.17. The number of hydrogen-bond donors (Lipinski definition) is 0. The first-order valence-electron chi connectivity index (χ1n) is 6.97. The third-order valence-corrected chi connectivity index (χ3v) is 4.29. The summed E-state index contributed by atoms with van der Waals surface area (Å²) in [4.78, 5) is 0. The summed E-state index contributed by atoms with van der Waals surface area (Å²) >= 11 is 1.41. The van der Waals surface area contributed by atoms with Crippen molar-refractivity contribution in [1.82, 2.24) is 40.0 Å². The molecule has 0 atom stereocenters. The summed E-state index contributed by atoms with van der Waals surface area (Å²) in [6, 6.07) is 5.56. The molecule has 4 aromatic heterocycles. The third kappa shape index (κ3) is 2.36. The van der Waals surface area contributed by atoms with Crippen LogP contribution in [0.5, 0.6) is 0 Å². The van der Waals surface area contributed by atoms with Crippen molar-refractivity contribution in [1.29, 1.82) is 0 Å². The largest absolute Gasteiger partial charge is 0.469 e. The molecule has 9 nitrogen and oxygen atoms in total. The maximum absolute atomic E-state index is 5.36. The van der Waals surface area contributed by atoms with Crippen molar-refractivity contribution in [3.63, 3.8) is 0 Å². The van der Waals surface area contributed by atoms with E-state index in [2.05, 4.69) is 30.8 Å². The van der Waals surface area contributed by atoms with Crippen LogP contribution in [0.2, 0.25) is 0 Å². The molecule has 0 radical (unpaired) electrons. The summed E-state index contributed by atoms with van der Waals surface area (Å²) in [5, 5.41) is 25.6. The molecule has 0 aliphatic heterocycles. The van der Waals surface area contributed by atoms with Gasteiger partial charge in [0.05, 0.1) is 11.8 Å². The molecule has 0 saturated heterocycles. The molecule has 4 aromatic rings. The molecule has 0 aliphatic rings. The minimum Gasteiger partial charge on any atom is -0.469 e. The Morgan fingerprint density at radius 2 is 2.09 bits per heavy atom. The van der Waals surface area contributed by atoms with Crippen LogP contribution in [0.3, 0.4) is 0 Å². The van der Waals surface area contributed by atoms with E-state index in [9.17, 15) is 0 Å². The predicted molar refractivity (Wildman–Crippen MR) is 80.8 cm³/mol. The lowest BCUT2D eigenvalue weighted by molar-refractivity contribution is 0.534. The predicted octanol–water partition coefficient (Wildman–Crippen LogP) is 1.85. The van der Waals surface area contributed by atoms with Gasteiger partial charge in [-0.2, -0.15) is 0 Å². The van der Waals surface area contributed by atoms with Gasteiger partial charge in [0.1, 0.15) is 10.8 Å². The van der Waals surface area contributed by atoms with E-state index in [1.807, 2.05) is 36.6 Å². The lowest BCUT2D eigenvalue weighted by Crippen LogP contribution is -2.01. The van der Waals surface area contributed by atoms with Gasteiger partial charge in [0, 0.05) is 6.54 Å². The zero-order valence-corrected chi connectivity index (χ0v) is 13.2. The van der Waals surface area contributed by atoms with Crippen LogP contribution in [-0.2, 0) is 6.54 Å². The number of furan rings is 1. The zero-order chi connectivity index (χ0) is 15.8. The van der Waals surface area contributed by atoms with Gasteiger partial charge in [0.2, 0.25) is 0 Å². The Hall–Kier alpha value is -2.75. The molecule has 0 fully saturated rings. The van der Waals surface area contributed by atoms with E-state index in [1.54, 1.807) is 6.26 Å². The molecule has 0 aliphatic carbocycles. The molecule has 0 aromatic carbocycles. The van der Waals surface area contributed by atoms with Gasteiger partial charge in [-0.3, -0.25) is 0 Å². The van der Waals surface area contributed by atoms with E-state index in [1.165, 1.54) is 16.4 Å². The van der Waals surface area contributed by atoms with Crippen LogP contribution in [0.1, 0.15) is 12.7 Å². The minimum atomic E-state index is 0.598. The van der Waals surface area contributed by atoms with E-state index in [-0.39, 0.29) is 0 Å². The highest BCUT2D eigenvalue weighted by atomic mass is 32.2. The van der Waals surface area contributed by atoms with Crippen LogP contribution in [0.15, 0.2) is 39.1 Å². The SMILES string of the molecule is CCn1c(Sc2ccc3nnnn3n2)nnc1-c1ccoc1C. The average Bonchev–Trinajstić information content (AvgIpc) is 3.26. The van der Waals surface area contributed by atoms with Gasteiger partial charge in [0.25, 0.3) is 0 Å². The Bertz CT molecular complexity index is 971. The van der Waals surface area contributed by atoms with Crippen LogP contribution < -0.4 is 0 Å². The first-order chi connectivity index (χ1) is 11.3. The van der Waals surface area contributed by atoms with Crippen LogP contribution in [-0.4, -0.2) is 40.0 Å². The van der Waals surface area contributed by atoms with Crippen molar-refractivity contribution in [3.8, 4) is 11.4 Å². The van der Waals surface area contributed by atoms with E-state index >= 15 is 0 Å². The molecular formula is C13H12N8OS. The average molecular weight is 328 g/mol. The van der Waals surface area contributed by atoms with Crippen LogP contribution in [0.4, 0.5) is 0 Å². The first kappa shape index (κ1) is 13.9. The molecule has 0 unspecified atom stereocenters. The number of nitrogens with zero attached hydrogens (tertiary/aromatic N) is 8. The number of tetrazole rings is 1. The summed E-state index contributed by atoms with van der Waals surface area (Å²) in [7, 11) is 0. The van der Waals surface area contributed by atoms with Crippen molar-refractivity contribution in [2.45, 2.75) is 30.6 Å². The molecule has 23 heavy (non-hydrogen) atoms. The topological polar surface area (TPSA) is 99.8 Å². The highest BCUT2D eigenvalue weighted by Crippen LogP contribution is 2.29. The second kappa shape index (κ2) is 5.47. The number of aromatic nitrogens is 8. The fraction of sp³-hybridized carbons (Fsp3) is 0.231. The standard InChI is InChI=1S/C13H12N8OS/c1-3-20-12(9-6-7-22-8(9)2)15-16-13(20)23-11-5-4-10-14-18-19-21(10)17-11/h4-7H,3H2,1-2H3. The van der Waals surface area contributed by atoms with Crippen LogP contribution >= 0.6 is 11.8 Å². The molecule has 116 valence electrons. The van der Waals surface area contributed by atoms with Crippen molar-refractivity contribution >= 4 is 17.4 Å². The molecule has 0 saturated carbocycles. The van der Waals surface area contributed by atoms with Crippen molar-refractivity contribution in [2.24, 2.45) is 0 Å². The number of rotatable bonds is 4. The lowest BCUT2D eigenvalue weighted by atomic mass is 10.2. The monoisotopic (exact) mass is 328 g/mol. The first-order valence-corrected chi connectivity index (χ1v) is 7.79. The Balaban J connectivity index is 1.71. The molecule has 0 spiro atoms. The summed E-state index contributed by atoms with van der Waals surface area (Å²) in [5.41, 5.74) is 1.54. The smallest absolute Gasteiger partial charge is 0.200 e. The minimum absolute atomic E-state index is 0.598. The van der Waals surface area contributed by atoms with E-state index in [0.717, 1.165) is 33.9 Å². The maximum Gasteiger partial charge on any atom is 0.200 e. The molecule has 4 rings (SSSR count). The van der Waals surface area contributed by atoms with Crippen LogP contribution in [0.25, 0.3) is 17.0 Å². The fourth-order valence-electron chi connectivity index (χ4n) is 2.25. The summed E-state index contributed by atoms with van der Waals surface area (Å²) < 4.78 is 8.77. The quantitative estimate of drug-likeness (QED) is 0.559. The normalized spacial score (nSPS) is 11.4. The van der Waals surface area contributed by atoms with Gasteiger partial charge in [-0.25, -0.2) is 0 Å². The fourth-order valence-corrected chi connectivity index (χ4v) is 3.10. The molecular weight excluding hydrogens is 316 g/mol. The number of hydrogen-bond acceptors (Lipinski definition) is 8. The molecule has 0 amide bonds. The zero-order valence-electron chi connectivity index (χ0n) is 12.4. The van der Waals surface area contributed by atoms with Gasteiger partial charge in [0.15, 0.2) is 16.6 Å². The molecule has 10 heteroatoms. The number of aryl methyl sites for hydroxylation is 1. The van der Waals surface area contributed by atoms with Crippen molar-refractivity contribution in [3.05, 3.63) is 30.2 Å². The van der Waals surface area contributed by atoms with Crippen molar-refractivity contribution in [2.75, 3.05) is 0 Å². The van der Waals surface area contributed by atoms with Gasteiger partial charge in [-0.1, -0.05) is 0 Å². The van der Waals surface area contributed by atoms with Crippen molar-refractivity contribution < 1.29 is 4.42 Å². The summed E-state index contributed by atoms with van der Waals surface area (Å²) in [6.45, 7) is 4.69. The van der Waals surface area contributed by atoms with Gasteiger partial charge in [-0.15, -0.1) is 25.0 Å². The lowest BCUT2D eigenvalue weighted by Gasteiger charge is -2.06. The van der Waals surface area contributed by atoms with Gasteiger partial charge < -0.3 is 8.98 Å². The van der Waals surface area contributed by atoms with E-state index in [0.29, 0.717) is 5.65 Å². The highest BCUT2D eigenvalue weighted by molar-refractivity contribution is 7.99. The Morgan fingerprint density at radius 1 is 1.17 bits per heavy atom. The summed E-state index contributed by atoms with van der Waals surface area (Å²) in [5.74, 6) is 1.60. The Kier molecular flexibility index (Phi) is 3.30. The van der Waals surface area contributed by atoms with E-state index in [4.69, 9.17) is 4.42 Å². The Morgan fingerprint density at radius 3 is 2.87 bits per heavy atom. The third-order valence-electron chi connectivity index (χ3n) is 3.37. The summed E-state index contributed by atoms with van der Waals surface area (Å²) in [6.07, 6.45) is 1.65. The van der Waals surface area contributed by atoms with Gasteiger partial charge in [-0.05, 0) is 54.2 Å². The van der Waals surface area contributed by atoms with E-state index < -0.39 is 0 Å². The van der Waals surface area contributed by atoms with Crippen LogP contribution in [0, 0.1) is 6.92 Å². The molecule has 4 heterocycles. The molecule has 0 bridgehead atoms. The second-order valence-electron chi connectivity index (χ2n) is 4.74. The van der Waals surface area contributed by atoms with Gasteiger partial charge >= 0.3 is 0 Å². The Labute approximate surface area is 134 Å². The molecule has 0 N–H and O–H groups in total. The number of fused-ring (bicyclic) bond motifs is 1. The second-order valence-corrected chi connectivity index (χ2v) is 5.73. The maximum atomic E-state index is 5.36.